The van der Waals surface area contributed by atoms with Crippen molar-refractivity contribution in [2.45, 2.75) is 6.42 Å². The summed E-state index contributed by atoms with van der Waals surface area (Å²) in [4.78, 5) is 2.22. The molecule has 0 aromatic heterocycles. The van der Waals surface area contributed by atoms with Crippen LogP contribution in [0.25, 0.3) is 11.1 Å². The van der Waals surface area contributed by atoms with Crippen LogP contribution in [-0.2, 0) is 6.42 Å². The normalized spacial score (nSPS) is 13.5. The van der Waals surface area contributed by atoms with E-state index in [2.05, 4.69) is 88.2 Å². The van der Waals surface area contributed by atoms with Crippen molar-refractivity contribution in [1.82, 2.24) is 5.43 Å². The molecule has 118 valence electrons. The van der Waals surface area contributed by atoms with E-state index in [1.807, 2.05) is 12.1 Å². The predicted molar refractivity (Wildman–Crippen MR) is 99.9 cm³/mol. The summed E-state index contributed by atoms with van der Waals surface area (Å²) >= 11 is 0. The minimum Gasteiger partial charge on any atom is -0.309 e. The highest BCUT2D eigenvalue weighted by Gasteiger charge is 2.19. The van der Waals surface area contributed by atoms with Gasteiger partial charge in [-0.15, -0.1) is 0 Å². The fourth-order valence-corrected chi connectivity index (χ4v) is 3.08. The van der Waals surface area contributed by atoms with Crippen LogP contribution < -0.4 is 10.3 Å². The van der Waals surface area contributed by atoms with Crippen LogP contribution in [0, 0.1) is 0 Å². The predicted octanol–water partition coefficient (Wildman–Crippen LogP) is 4.28. The maximum atomic E-state index is 4.52. The minimum atomic E-state index is 0.715. The Morgan fingerprint density at radius 3 is 2.25 bits per heavy atom. The van der Waals surface area contributed by atoms with E-state index in [9.17, 15) is 0 Å². The molecule has 3 nitrogen and oxygen atoms in total. The van der Waals surface area contributed by atoms with Crippen molar-refractivity contribution in [3.63, 3.8) is 0 Å². The standard InChI is InChI=1S/C21H19N3/c1-3-9-17(10-4-1)20-14-8-7-11-18(20)15-21-23-22-16-24(21)19-12-5-2-6-13-19/h1-14,22H,15-16H2. The molecular formula is C21H19N3. The Bertz CT molecular complexity index is 841. The molecule has 4 rings (SSSR count). The van der Waals surface area contributed by atoms with Gasteiger partial charge in [0.05, 0.1) is 0 Å². The lowest BCUT2D eigenvalue weighted by atomic mass is 9.97. The summed E-state index contributed by atoms with van der Waals surface area (Å²) in [7, 11) is 0. The average molecular weight is 313 g/mol. The number of benzene rings is 3. The Balaban J connectivity index is 1.64. The van der Waals surface area contributed by atoms with Gasteiger partial charge in [-0.2, -0.15) is 5.10 Å². The van der Waals surface area contributed by atoms with Gasteiger partial charge in [-0.05, 0) is 28.8 Å². The van der Waals surface area contributed by atoms with Gasteiger partial charge >= 0.3 is 0 Å². The first-order chi connectivity index (χ1) is 11.9. The Labute approximate surface area is 142 Å². The smallest absolute Gasteiger partial charge is 0.135 e. The van der Waals surface area contributed by atoms with E-state index in [0.29, 0.717) is 6.67 Å². The molecule has 1 aliphatic heterocycles. The maximum Gasteiger partial charge on any atom is 0.135 e. The third-order valence-corrected chi connectivity index (χ3v) is 4.27. The van der Waals surface area contributed by atoms with E-state index in [4.69, 9.17) is 0 Å². The van der Waals surface area contributed by atoms with Crippen LogP contribution in [0.4, 0.5) is 5.69 Å². The number of anilines is 1. The van der Waals surface area contributed by atoms with E-state index >= 15 is 0 Å². The monoisotopic (exact) mass is 313 g/mol. The van der Waals surface area contributed by atoms with Crippen molar-refractivity contribution >= 4 is 11.5 Å². The number of nitrogens with zero attached hydrogens (tertiary/aromatic N) is 2. The van der Waals surface area contributed by atoms with E-state index in [0.717, 1.165) is 12.3 Å². The Morgan fingerprint density at radius 1 is 0.792 bits per heavy atom. The molecule has 0 bridgehead atoms. The highest BCUT2D eigenvalue weighted by Crippen LogP contribution is 2.25. The Hall–Kier alpha value is -3.07. The van der Waals surface area contributed by atoms with E-state index in [1.165, 1.54) is 22.4 Å². The molecule has 0 amide bonds. The molecule has 3 aromatic rings. The van der Waals surface area contributed by atoms with E-state index in [-0.39, 0.29) is 0 Å². The van der Waals surface area contributed by atoms with Crippen molar-refractivity contribution in [2.24, 2.45) is 5.10 Å². The SMILES string of the molecule is c1ccc(-c2ccccc2CC2=NNCN2c2ccccc2)cc1. The molecule has 1 heterocycles. The summed E-state index contributed by atoms with van der Waals surface area (Å²) in [6.45, 7) is 0.715. The van der Waals surface area contributed by atoms with Crippen molar-refractivity contribution in [3.8, 4) is 11.1 Å². The molecular weight excluding hydrogens is 294 g/mol. The molecule has 0 spiro atoms. The number of hydrogen-bond acceptors (Lipinski definition) is 3. The highest BCUT2D eigenvalue weighted by molar-refractivity contribution is 6.00. The molecule has 1 N–H and O–H groups in total. The molecule has 0 unspecified atom stereocenters. The zero-order valence-corrected chi connectivity index (χ0v) is 13.4. The first kappa shape index (κ1) is 14.5. The van der Waals surface area contributed by atoms with Crippen LogP contribution in [0.3, 0.4) is 0 Å². The van der Waals surface area contributed by atoms with Crippen LogP contribution in [0.1, 0.15) is 5.56 Å². The lowest BCUT2D eigenvalue weighted by Crippen LogP contribution is -2.30. The first-order valence-electron chi connectivity index (χ1n) is 8.17. The summed E-state index contributed by atoms with van der Waals surface area (Å²) in [5.74, 6) is 1.05. The number of hydrazone groups is 1. The number of amidine groups is 1. The van der Waals surface area contributed by atoms with Gasteiger partial charge in [0.1, 0.15) is 12.5 Å². The van der Waals surface area contributed by atoms with Gasteiger partial charge in [0.15, 0.2) is 0 Å². The molecule has 0 fully saturated rings. The fraction of sp³-hybridized carbons (Fsp3) is 0.0952. The van der Waals surface area contributed by atoms with Crippen LogP contribution in [-0.4, -0.2) is 12.5 Å². The zero-order chi connectivity index (χ0) is 16.2. The Kier molecular flexibility index (Phi) is 3.98. The van der Waals surface area contributed by atoms with Gasteiger partial charge in [-0.25, -0.2) is 0 Å². The van der Waals surface area contributed by atoms with Crippen molar-refractivity contribution in [2.75, 3.05) is 11.6 Å². The largest absolute Gasteiger partial charge is 0.309 e. The summed E-state index contributed by atoms with van der Waals surface area (Å²) < 4.78 is 0. The first-order valence-corrected chi connectivity index (χ1v) is 8.17. The van der Waals surface area contributed by atoms with Crippen LogP contribution in [0.15, 0.2) is 90.0 Å². The van der Waals surface area contributed by atoms with Crippen LogP contribution in [0.2, 0.25) is 0 Å². The van der Waals surface area contributed by atoms with Crippen LogP contribution >= 0.6 is 0 Å². The average Bonchev–Trinajstić information content (AvgIpc) is 3.12. The minimum absolute atomic E-state index is 0.715. The summed E-state index contributed by atoms with van der Waals surface area (Å²) in [6.07, 6.45) is 0.799. The van der Waals surface area contributed by atoms with Gasteiger partial charge in [0.2, 0.25) is 0 Å². The maximum absolute atomic E-state index is 4.52. The van der Waals surface area contributed by atoms with Crippen molar-refractivity contribution in [3.05, 3.63) is 90.5 Å². The lowest BCUT2D eigenvalue weighted by Gasteiger charge is -2.20. The van der Waals surface area contributed by atoms with Crippen molar-refractivity contribution in [1.29, 1.82) is 0 Å². The molecule has 0 aliphatic carbocycles. The second-order valence-corrected chi connectivity index (χ2v) is 5.81. The molecule has 0 atom stereocenters. The number of rotatable bonds is 4. The lowest BCUT2D eigenvalue weighted by molar-refractivity contribution is 0.807. The molecule has 0 saturated heterocycles. The second-order valence-electron chi connectivity index (χ2n) is 5.81. The quantitative estimate of drug-likeness (QED) is 0.778. The second kappa shape index (κ2) is 6.59. The fourth-order valence-electron chi connectivity index (χ4n) is 3.08. The molecule has 0 saturated carbocycles. The zero-order valence-electron chi connectivity index (χ0n) is 13.4. The number of nitrogens with one attached hydrogen (secondary N) is 1. The summed E-state index contributed by atoms with van der Waals surface area (Å²) in [5, 5.41) is 4.52. The van der Waals surface area contributed by atoms with Gasteiger partial charge < -0.3 is 4.90 Å². The summed E-state index contributed by atoms with van der Waals surface area (Å²) in [5.41, 5.74) is 8.07. The third-order valence-electron chi connectivity index (χ3n) is 4.27. The molecule has 1 aliphatic rings. The van der Waals surface area contributed by atoms with Gasteiger partial charge in [0.25, 0.3) is 0 Å². The van der Waals surface area contributed by atoms with Gasteiger partial charge in [-0.3, -0.25) is 5.43 Å². The topological polar surface area (TPSA) is 27.6 Å². The molecule has 3 heteroatoms. The molecule has 24 heavy (non-hydrogen) atoms. The number of para-hydroxylation sites is 1. The number of hydrogen-bond donors (Lipinski definition) is 1. The Morgan fingerprint density at radius 2 is 1.46 bits per heavy atom. The van der Waals surface area contributed by atoms with Gasteiger partial charge in [0, 0.05) is 12.1 Å². The molecule has 3 aromatic carbocycles. The van der Waals surface area contributed by atoms with Crippen LogP contribution in [0.5, 0.6) is 0 Å². The van der Waals surface area contributed by atoms with E-state index < -0.39 is 0 Å². The molecule has 0 radical (unpaired) electrons. The third kappa shape index (κ3) is 2.88. The van der Waals surface area contributed by atoms with E-state index in [1.54, 1.807) is 0 Å². The summed E-state index contributed by atoms with van der Waals surface area (Å²) in [6, 6.07) is 29.5. The highest BCUT2D eigenvalue weighted by atomic mass is 15.5. The van der Waals surface area contributed by atoms with Crippen molar-refractivity contribution < 1.29 is 0 Å². The van der Waals surface area contributed by atoms with Gasteiger partial charge in [-0.1, -0.05) is 72.8 Å².